The molecular weight excluding hydrogens is 235 g/mol. The molecule has 1 unspecified atom stereocenters. The number of halogens is 2. The van der Waals surface area contributed by atoms with E-state index in [2.05, 4.69) is 26.5 Å². The lowest BCUT2D eigenvalue weighted by Crippen LogP contribution is -2.43. The van der Waals surface area contributed by atoms with Crippen LogP contribution in [0.3, 0.4) is 0 Å². The largest absolute Gasteiger partial charge is 0.354 e. The summed E-state index contributed by atoms with van der Waals surface area (Å²) >= 11 is 11.5. The summed E-state index contributed by atoms with van der Waals surface area (Å²) in [4.78, 5) is 10.5. The van der Waals surface area contributed by atoms with E-state index in [1.54, 1.807) is 6.92 Å². The minimum absolute atomic E-state index is 0.121. The summed E-state index contributed by atoms with van der Waals surface area (Å²) < 4.78 is 0.892. The fourth-order valence-corrected chi connectivity index (χ4v) is 1.19. The van der Waals surface area contributed by atoms with Gasteiger partial charge in [0.1, 0.15) is 4.87 Å². The van der Waals surface area contributed by atoms with E-state index >= 15 is 0 Å². The van der Waals surface area contributed by atoms with Crippen molar-refractivity contribution in [2.75, 3.05) is 40.1 Å². The molecule has 5 heteroatoms. The summed E-state index contributed by atoms with van der Waals surface area (Å²) in [6.07, 6.45) is 0.935. The van der Waals surface area contributed by atoms with E-state index in [4.69, 9.17) is 23.2 Å². The molecule has 0 aliphatic rings. The van der Waals surface area contributed by atoms with Crippen molar-refractivity contribution < 1.29 is 9.28 Å². The maximum absolute atomic E-state index is 11.5. The highest BCUT2D eigenvalue weighted by Gasteiger charge is 2.28. The molecule has 90 valence electrons. The fraction of sp³-hybridized carbons (Fsp3) is 0.900. The number of rotatable bonds is 6. The van der Waals surface area contributed by atoms with Crippen molar-refractivity contribution in [3.63, 3.8) is 0 Å². The minimum Gasteiger partial charge on any atom is -0.354 e. The van der Waals surface area contributed by atoms with Crippen LogP contribution in [0.2, 0.25) is 0 Å². The van der Waals surface area contributed by atoms with Crippen molar-refractivity contribution in [3.8, 4) is 0 Å². The van der Waals surface area contributed by atoms with Crippen LogP contribution in [0.1, 0.15) is 13.3 Å². The molecule has 0 saturated heterocycles. The summed E-state index contributed by atoms with van der Waals surface area (Å²) in [6, 6.07) is 0. The second-order valence-electron chi connectivity index (χ2n) is 4.95. The molecule has 3 nitrogen and oxygen atoms in total. The number of carbonyl (C=O) groups is 1. The van der Waals surface area contributed by atoms with Crippen LogP contribution in [0, 0.1) is 0 Å². The first-order chi connectivity index (χ1) is 6.69. The smallest absolute Gasteiger partial charge is 0.242 e. The van der Waals surface area contributed by atoms with E-state index in [1.165, 1.54) is 0 Å². The van der Waals surface area contributed by atoms with Crippen molar-refractivity contribution in [1.29, 1.82) is 0 Å². The molecule has 0 aliphatic heterocycles. The van der Waals surface area contributed by atoms with Gasteiger partial charge in [-0.1, -0.05) is 0 Å². The summed E-state index contributed by atoms with van der Waals surface area (Å²) in [6.45, 7) is 3.28. The van der Waals surface area contributed by atoms with Gasteiger partial charge in [-0.2, -0.15) is 0 Å². The van der Waals surface area contributed by atoms with Gasteiger partial charge in [-0.3, -0.25) is 4.79 Å². The lowest BCUT2D eigenvalue weighted by Gasteiger charge is -2.24. The molecule has 1 atom stereocenters. The molecule has 0 radical (unpaired) electrons. The third kappa shape index (κ3) is 6.98. The maximum Gasteiger partial charge on any atom is 0.242 e. The zero-order valence-corrected chi connectivity index (χ0v) is 11.5. The molecule has 0 rings (SSSR count). The van der Waals surface area contributed by atoms with Crippen LogP contribution < -0.4 is 5.32 Å². The molecule has 0 fully saturated rings. The summed E-state index contributed by atoms with van der Waals surface area (Å²) in [5, 5.41) is 2.78. The van der Waals surface area contributed by atoms with Crippen LogP contribution in [-0.2, 0) is 4.79 Å². The predicted molar refractivity (Wildman–Crippen MR) is 65.5 cm³/mol. The first kappa shape index (κ1) is 15.0. The highest BCUT2D eigenvalue weighted by molar-refractivity contribution is 6.39. The van der Waals surface area contributed by atoms with Gasteiger partial charge in [-0.15, -0.1) is 23.2 Å². The van der Waals surface area contributed by atoms with E-state index in [1.807, 2.05) is 0 Å². The van der Waals surface area contributed by atoms with E-state index < -0.39 is 4.87 Å². The van der Waals surface area contributed by atoms with E-state index in [0.717, 1.165) is 17.4 Å². The van der Waals surface area contributed by atoms with Crippen molar-refractivity contribution >= 4 is 29.1 Å². The average Bonchev–Trinajstić information content (AvgIpc) is 2.10. The maximum atomic E-state index is 11.5. The van der Waals surface area contributed by atoms with Crippen LogP contribution in [0.15, 0.2) is 0 Å². The number of nitrogens with zero attached hydrogens (tertiary/aromatic N) is 1. The van der Waals surface area contributed by atoms with Crippen LogP contribution >= 0.6 is 23.2 Å². The standard InChI is InChI=1S/C10H20Cl2N2O/c1-10(12,8-11)9(15)13-6-5-7-14(2,3)4/h5-8H2,1-4H3/p+1. The number of hydrogen-bond acceptors (Lipinski definition) is 1. The summed E-state index contributed by atoms with van der Waals surface area (Å²) in [5.74, 6) is -0.0732. The van der Waals surface area contributed by atoms with Gasteiger partial charge in [0, 0.05) is 13.0 Å². The van der Waals surface area contributed by atoms with E-state index in [-0.39, 0.29) is 11.8 Å². The van der Waals surface area contributed by atoms with Crippen LogP contribution in [0.25, 0.3) is 0 Å². The average molecular weight is 256 g/mol. The fourth-order valence-electron chi connectivity index (χ4n) is 1.00. The van der Waals surface area contributed by atoms with Crippen molar-refractivity contribution in [2.24, 2.45) is 0 Å². The first-order valence-electron chi connectivity index (χ1n) is 5.03. The van der Waals surface area contributed by atoms with Crippen LogP contribution in [0.5, 0.6) is 0 Å². The highest BCUT2D eigenvalue weighted by Crippen LogP contribution is 2.15. The van der Waals surface area contributed by atoms with Crippen molar-refractivity contribution in [1.82, 2.24) is 5.32 Å². The number of hydrogen-bond donors (Lipinski definition) is 1. The minimum atomic E-state index is -0.988. The van der Waals surface area contributed by atoms with Crippen LogP contribution in [-0.4, -0.2) is 55.4 Å². The second-order valence-corrected chi connectivity index (χ2v) is 6.06. The van der Waals surface area contributed by atoms with Crippen LogP contribution in [0.4, 0.5) is 0 Å². The zero-order valence-electron chi connectivity index (χ0n) is 9.94. The topological polar surface area (TPSA) is 29.1 Å². The number of nitrogens with one attached hydrogen (secondary N) is 1. The van der Waals surface area contributed by atoms with Gasteiger partial charge in [0.2, 0.25) is 5.91 Å². The molecule has 15 heavy (non-hydrogen) atoms. The van der Waals surface area contributed by atoms with E-state index in [0.29, 0.717) is 6.54 Å². The molecule has 0 heterocycles. The Morgan fingerprint density at radius 2 is 1.93 bits per heavy atom. The first-order valence-corrected chi connectivity index (χ1v) is 5.94. The number of quaternary nitrogens is 1. The monoisotopic (exact) mass is 255 g/mol. The molecule has 0 aromatic rings. The predicted octanol–water partition coefficient (Wildman–Crippen LogP) is 1.44. The molecule has 1 amide bonds. The molecule has 0 saturated carbocycles. The lowest BCUT2D eigenvalue weighted by molar-refractivity contribution is -0.870. The molecule has 0 bridgehead atoms. The van der Waals surface area contributed by atoms with Gasteiger partial charge in [0.05, 0.1) is 33.6 Å². The molecule has 0 aliphatic carbocycles. The number of alkyl halides is 2. The quantitative estimate of drug-likeness (QED) is 0.435. The summed E-state index contributed by atoms with van der Waals surface area (Å²) in [5.41, 5.74) is 0. The van der Waals surface area contributed by atoms with Gasteiger partial charge < -0.3 is 9.80 Å². The molecule has 0 aromatic heterocycles. The van der Waals surface area contributed by atoms with Gasteiger partial charge in [0.15, 0.2) is 0 Å². The Kier molecular flexibility index (Phi) is 5.93. The Hall–Kier alpha value is 0.01000. The molecule has 0 spiro atoms. The zero-order chi connectivity index (χ0) is 12.1. The Balaban J connectivity index is 3.74. The van der Waals surface area contributed by atoms with E-state index in [9.17, 15) is 4.79 Å². The SMILES string of the molecule is CC(Cl)(CCl)C(=O)NCCC[N+](C)(C)C. The third-order valence-electron chi connectivity index (χ3n) is 2.02. The number of carbonyl (C=O) groups excluding carboxylic acids is 1. The van der Waals surface area contributed by atoms with Gasteiger partial charge in [-0.05, 0) is 6.92 Å². The van der Waals surface area contributed by atoms with Crippen molar-refractivity contribution in [2.45, 2.75) is 18.2 Å². The number of amides is 1. The Bertz CT molecular complexity index is 212. The summed E-state index contributed by atoms with van der Waals surface area (Å²) in [7, 11) is 6.35. The second kappa shape index (κ2) is 5.92. The lowest BCUT2D eigenvalue weighted by atomic mass is 10.2. The van der Waals surface area contributed by atoms with Crippen molar-refractivity contribution in [3.05, 3.63) is 0 Å². The normalized spacial score (nSPS) is 15.9. The van der Waals surface area contributed by atoms with Gasteiger partial charge in [-0.25, -0.2) is 0 Å². The Morgan fingerprint density at radius 3 is 2.33 bits per heavy atom. The molecule has 0 aromatic carbocycles. The van der Waals surface area contributed by atoms with Gasteiger partial charge >= 0.3 is 0 Å². The highest BCUT2D eigenvalue weighted by atomic mass is 35.5. The van der Waals surface area contributed by atoms with Gasteiger partial charge in [0.25, 0.3) is 0 Å². The Labute approximate surface area is 102 Å². The molecular formula is C10H21Cl2N2O+. The Morgan fingerprint density at radius 1 is 1.40 bits per heavy atom. The molecule has 1 N–H and O–H groups in total. The third-order valence-corrected chi connectivity index (χ3v) is 2.99.